The molecule has 1 aromatic heterocycles. The summed E-state index contributed by atoms with van der Waals surface area (Å²) < 4.78 is 53.3. The molecule has 0 aliphatic carbocycles. The molecule has 0 bridgehead atoms. The lowest BCUT2D eigenvalue weighted by Crippen LogP contribution is -2.52. The van der Waals surface area contributed by atoms with Crippen molar-refractivity contribution < 1.29 is 31.9 Å². The first kappa shape index (κ1) is 21.1. The number of carbonyl (C=O) groups is 3. The average molecular weight is 425 g/mol. The number of hydrogen-bond donors (Lipinski definition) is 1. The van der Waals surface area contributed by atoms with Crippen molar-refractivity contribution in [3.05, 3.63) is 53.0 Å². The SMILES string of the molecule is CNC(=O)c1ccc(N2CCCN(C(=O)c3cc(F)ccc3C(F)(F)F)C2=O)nn1. The van der Waals surface area contributed by atoms with Crippen LogP contribution in [0, 0.1) is 5.82 Å². The third kappa shape index (κ3) is 4.07. The third-order valence-electron chi connectivity index (χ3n) is 4.37. The van der Waals surface area contributed by atoms with E-state index in [9.17, 15) is 31.9 Å². The minimum absolute atomic E-state index is 0.00628. The first-order valence-corrected chi connectivity index (χ1v) is 8.69. The van der Waals surface area contributed by atoms with Crippen LogP contribution in [0.15, 0.2) is 30.3 Å². The highest BCUT2D eigenvalue weighted by Crippen LogP contribution is 2.33. The lowest BCUT2D eigenvalue weighted by atomic mass is 10.0. The number of nitrogens with one attached hydrogen (secondary N) is 1. The summed E-state index contributed by atoms with van der Waals surface area (Å²) in [5.41, 5.74) is -2.31. The number of rotatable bonds is 3. The molecule has 0 radical (unpaired) electrons. The smallest absolute Gasteiger partial charge is 0.354 e. The van der Waals surface area contributed by atoms with E-state index in [1.54, 1.807) is 0 Å². The summed E-state index contributed by atoms with van der Waals surface area (Å²) in [6.45, 7) is -0.0162. The summed E-state index contributed by atoms with van der Waals surface area (Å²) in [7, 11) is 1.40. The molecule has 30 heavy (non-hydrogen) atoms. The van der Waals surface area contributed by atoms with Gasteiger partial charge in [0.25, 0.3) is 11.8 Å². The molecule has 1 aliphatic heterocycles. The zero-order valence-corrected chi connectivity index (χ0v) is 15.5. The Balaban J connectivity index is 1.90. The summed E-state index contributed by atoms with van der Waals surface area (Å²) in [5, 5.41) is 9.82. The number of urea groups is 1. The molecule has 2 heterocycles. The fraction of sp³-hybridized carbons (Fsp3) is 0.278. The van der Waals surface area contributed by atoms with E-state index < -0.39 is 41.0 Å². The largest absolute Gasteiger partial charge is 0.417 e. The van der Waals surface area contributed by atoms with E-state index >= 15 is 0 Å². The topological polar surface area (TPSA) is 95.5 Å². The molecule has 1 fully saturated rings. The van der Waals surface area contributed by atoms with Crippen LogP contribution in [0.4, 0.5) is 28.2 Å². The van der Waals surface area contributed by atoms with Gasteiger partial charge < -0.3 is 5.32 Å². The second-order valence-corrected chi connectivity index (χ2v) is 6.29. The van der Waals surface area contributed by atoms with Gasteiger partial charge in [0.15, 0.2) is 11.5 Å². The first-order valence-electron chi connectivity index (χ1n) is 8.69. The van der Waals surface area contributed by atoms with Crippen LogP contribution in [0.2, 0.25) is 0 Å². The molecule has 158 valence electrons. The van der Waals surface area contributed by atoms with E-state index in [0.717, 1.165) is 4.90 Å². The maximum Gasteiger partial charge on any atom is 0.417 e. The van der Waals surface area contributed by atoms with E-state index in [-0.39, 0.29) is 31.0 Å². The van der Waals surface area contributed by atoms with E-state index in [4.69, 9.17) is 0 Å². The van der Waals surface area contributed by atoms with Crippen molar-refractivity contribution in [2.24, 2.45) is 0 Å². The molecule has 3 rings (SSSR count). The predicted octanol–water partition coefficient (Wildman–Crippen LogP) is 2.47. The monoisotopic (exact) mass is 425 g/mol. The lowest BCUT2D eigenvalue weighted by molar-refractivity contribution is -0.138. The van der Waals surface area contributed by atoms with Crippen LogP contribution in [-0.4, -0.2) is 53.1 Å². The summed E-state index contributed by atoms with van der Waals surface area (Å²) >= 11 is 0. The highest BCUT2D eigenvalue weighted by Gasteiger charge is 2.39. The summed E-state index contributed by atoms with van der Waals surface area (Å²) in [6.07, 6.45) is -4.66. The van der Waals surface area contributed by atoms with E-state index in [1.807, 2.05) is 0 Å². The van der Waals surface area contributed by atoms with Gasteiger partial charge in [0, 0.05) is 20.1 Å². The fourth-order valence-corrected chi connectivity index (χ4v) is 2.93. The van der Waals surface area contributed by atoms with E-state index in [2.05, 4.69) is 15.5 Å². The van der Waals surface area contributed by atoms with Gasteiger partial charge in [0.1, 0.15) is 5.82 Å². The molecular formula is C18H15F4N5O3. The Bertz CT molecular complexity index is 994. The van der Waals surface area contributed by atoms with Gasteiger partial charge in [0.05, 0.1) is 11.1 Å². The molecule has 1 aromatic carbocycles. The predicted molar refractivity (Wildman–Crippen MR) is 95.2 cm³/mol. The van der Waals surface area contributed by atoms with Crippen molar-refractivity contribution in [2.75, 3.05) is 25.0 Å². The number of halogens is 4. The highest BCUT2D eigenvalue weighted by atomic mass is 19.4. The maximum atomic E-state index is 13.5. The number of alkyl halides is 3. The Hall–Kier alpha value is -3.57. The standard InChI is InChI=1S/C18H15F4N5O3/c1-23-15(28)13-5-6-14(25-24-13)26-7-2-8-27(17(26)30)16(29)11-9-10(19)3-4-12(11)18(20,21)22/h3-6,9H,2,7-8H2,1H3,(H,23,28). The Morgan fingerprint density at radius 2 is 1.83 bits per heavy atom. The van der Waals surface area contributed by atoms with Gasteiger partial charge >= 0.3 is 12.2 Å². The van der Waals surface area contributed by atoms with Crippen LogP contribution in [0.3, 0.4) is 0 Å². The number of benzene rings is 1. The molecule has 1 aliphatic rings. The second-order valence-electron chi connectivity index (χ2n) is 6.29. The van der Waals surface area contributed by atoms with Gasteiger partial charge in [-0.25, -0.2) is 9.18 Å². The molecule has 0 spiro atoms. The van der Waals surface area contributed by atoms with Gasteiger partial charge in [-0.05, 0) is 36.8 Å². The number of aromatic nitrogens is 2. The Labute approximate surface area is 167 Å². The third-order valence-corrected chi connectivity index (χ3v) is 4.37. The Kier molecular flexibility index (Phi) is 5.67. The minimum atomic E-state index is -4.90. The Morgan fingerprint density at radius 3 is 2.43 bits per heavy atom. The summed E-state index contributed by atoms with van der Waals surface area (Å²) in [4.78, 5) is 38.7. The normalized spacial score (nSPS) is 14.6. The van der Waals surface area contributed by atoms with Gasteiger partial charge in [0.2, 0.25) is 0 Å². The Morgan fingerprint density at radius 1 is 1.10 bits per heavy atom. The quantitative estimate of drug-likeness (QED) is 0.763. The minimum Gasteiger partial charge on any atom is -0.354 e. The lowest BCUT2D eigenvalue weighted by Gasteiger charge is -2.33. The van der Waals surface area contributed by atoms with E-state index in [0.29, 0.717) is 23.1 Å². The highest BCUT2D eigenvalue weighted by molar-refractivity contribution is 6.09. The van der Waals surface area contributed by atoms with Crippen LogP contribution < -0.4 is 10.2 Å². The number of nitrogens with zero attached hydrogens (tertiary/aromatic N) is 4. The van der Waals surface area contributed by atoms with Crippen molar-refractivity contribution in [3.8, 4) is 0 Å². The fourth-order valence-electron chi connectivity index (χ4n) is 2.93. The molecule has 1 saturated heterocycles. The number of anilines is 1. The molecule has 12 heteroatoms. The van der Waals surface area contributed by atoms with Crippen molar-refractivity contribution in [1.82, 2.24) is 20.4 Å². The summed E-state index contributed by atoms with van der Waals surface area (Å²) in [6, 6.07) is 3.21. The van der Waals surface area contributed by atoms with Crippen LogP contribution >= 0.6 is 0 Å². The van der Waals surface area contributed by atoms with Crippen molar-refractivity contribution in [3.63, 3.8) is 0 Å². The first-order chi connectivity index (χ1) is 14.1. The molecule has 0 saturated carbocycles. The van der Waals surface area contributed by atoms with Gasteiger partial charge in [-0.15, -0.1) is 10.2 Å². The number of carbonyl (C=O) groups excluding carboxylic acids is 3. The molecule has 1 N–H and O–H groups in total. The molecular weight excluding hydrogens is 410 g/mol. The van der Waals surface area contributed by atoms with Crippen LogP contribution in [0.25, 0.3) is 0 Å². The summed E-state index contributed by atoms with van der Waals surface area (Å²) in [5.74, 6) is -2.79. The van der Waals surface area contributed by atoms with Gasteiger partial charge in [-0.1, -0.05) is 0 Å². The molecule has 2 aromatic rings. The van der Waals surface area contributed by atoms with E-state index in [1.165, 1.54) is 19.2 Å². The van der Waals surface area contributed by atoms with Crippen LogP contribution in [0.1, 0.15) is 32.8 Å². The molecule has 0 atom stereocenters. The second kappa shape index (κ2) is 8.05. The van der Waals surface area contributed by atoms with Gasteiger partial charge in [-0.3, -0.25) is 19.4 Å². The zero-order valence-electron chi connectivity index (χ0n) is 15.5. The zero-order chi connectivity index (χ0) is 22.1. The number of imide groups is 1. The molecule has 8 nitrogen and oxygen atoms in total. The maximum absolute atomic E-state index is 13.5. The van der Waals surface area contributed by atoms with Crippen LogP contribution in [-0.2, 0) is 6.18 Å². The van der Waals surface area contributed by atoms with Crippen molar-refractivity contribution in [2.45, 2.75) is 12.6 Å². The van der Waals surface area contributed by atoms with Crippen LogP contribution in [0.5, 0.6) is 0 Å². The number of hydrogen-bond acceptors (Lipinski definition) is 5. The van der Waals surface area contributed by atoms with Crippen molar-refractivity contribution in [1.29, 1.82) is 0 Å². The molecule has 0 unspecified atom stereocenters. The molecule has 4 amide bonds. The number of amides is 4. The average Bonchev–Trinajstić information content (AvgIpc) is 2.72. The van der Waals surface area contributed by atoms with Crippen molar-refractivity contribution >= 4 is 23.7 Å². The van der Waals surface area contributed by atoms with Gasteiger partial charge in [-0.2, -0.15) is 13.2 Å².